The van der Waals surface area contributed by atoms with Gasteiger partial charge in [-0.2, -0.15) is 0 Å². The molecule has 0 aromatic heterocycles. The van der Waals surface area contributed by atoms with Crippen molar-refractivity contribution in [1.82, 2.24) is 10.2 Å². The first-order valence-electron chi connectivity index (χ1n) is 9.67. The van der Waals surface area contributed by atoms with Gasteiger partial charge >= 0.3 is 0 Å². The summed E-state index contributed by atoms with van der Waals surface area (Å²) >= 11 is 0. The summed E-state index contributed by atoms with van der Waals surface area (Å²) in [4.78, 5) is 25.6. The van der Waals surface area contributed by atoms with E-state index in [9.17, 15) is 18.0 Å². The van der Waals surface area contributed by atoms with Crippen molar-refractivity contribution in [3.05, 3.63) is 59.7 Å². The quantitative estimate of drug-likeness (QED) is 0.726. The number of aryl methyl sites for hydroxylation is 1. The zero-order chi connectivity index (χ0) is 20.9. The van der Waals surface area contributed by atoms with Gasteiger partial charge < -0.3 is 10.2 Å². The van der Waals surface area contributed by atoms with E-state index >= 15 is 0 Å². The third kappa shape index (κ3) is 5.35. The predicted molar refractivity (Wildman–Crippen MR) is 111 cm³/mol. The fourth-order valence-electron chi connectivity index (χ4n) is 3.13. The molecular formula is C21H25N3O4S. The maximum absolute atomic E-state index is 12.8. The lowest BCUT2D eigenvalue weighted by atomic mass is 10.1. The van der Waals surface area contributed by atoms with Crippen LogP contribution in [0.4, 0.5) is 5.69 Å². The summed E-state index contributed by atoms with van der Waals surface area (Å²) in [5, 5.41) is 2.66. The number of anilines is 1. The molecule has 29 heavy (non-hydrogen) atoms. The minimum atomic E-state index is -3.84. The molecular weight excluding hydrogens is 390 g/mol. The molecule has 0 saturated carbocycles. The smallest absolute Gasteiger partial charge is 0.261 e. The lowest BCUT2D eigenvalue weighted by molar-refractivity contribution is -0.123. The number of carbonyl (C=O) groups excluding carboxylic acids is 2. The molecule has 0 unspecified atom stereocenters. The number of amides is 2. The molecule has 2 amide bonds. The highest BCUT2D eigenvalue weighted by Crippen LogP contribution is 2.19. The van der Waals surface area contributed by atoms with Crippen molar-refractivity contribution in [1.29, 1.82) is 0 Å². The average Bonchev–Trinajstić information content (AvgIpc) is 2.72. The number of hydrogen-bond acceptors (Lipinski definition) is 4. The second-order valence-corrected chi connectivity index (χ2v) is 8.69. The van der Waals surface area contributed by atoms with Crippen molar-refractivity contribution < 1.29 is 18.0 Å². The van der Waals surface area contributed by atoms with Crippen LogP contribution < -0.4 is 10.0 Å². The number of sulfonamides is 1. The summed E-state index contributed by atoms with van der Waals surface area (Å²) < 4.78 is 28.1. The normalized spacial score (nSPS) is 14.4. The van der Waals surface area contributed by atoms with Gasteiger partial charge in [0, 0.05) is 24.3 Å². The first-order chi connectivity index (χ1) is 13.9. The molecule has 1 heterocycles. The van der Waals surface area contributed by atoms with E-state index in [1.807, 2.05) is 12.1 Å². The molecule has 2 aromatic rings. The molecule has 1 aliphatic heterocycles. The minimum Gasteiger partial charge on any atom is -0.353 e. The summed E-state index contributed by atoms with van der Waals surface area (Å²) in [7, 11) is -3.84. The van der Waals surface area contributed by atoms with Gasteiger partial charge in [0.25, 0.3) is 15.9 Å². The zero-order valence-electron chi connectivity index (χ0n) is 16.3. The Bertz CT molecular complexity index is 987. The summed E-state index contributed by atoms with van der Waals surface area (Å²) in [6.45, 7) is 2.88. The largest absolute Gasteiger partial charge is 0.353 e. The number of carbonyl (C=O) groups is 2. The van der Waals surface area contributed by atoms with Crippen molar-refractivity contribution in [2.45, 2.75) is 31.1 Å². The highest BCUT2D eigenvalue weighted by atomic mass is 32.2. The highest BCUT2D eigenvalue weighted by Gasteiger charge is 2.24. The molecule has 2 aromatic carbocycles. The lowest BCUT2D eigenvalue weighted by Crippen LogP contribution is -2.49. The van der Waals surface area contributed by atoms with E-state index in [2.05, 4.69) is 17.0 Å². The maximum atomic E-state index is 12.8. The van der Waals surface area contributed by atoms with Gasteiger partial charge in [0.05, 0.1) is 11.4 Å². The Morgan fingerprint density at radius 2 is 1.93 bits per heavy atom. The third-order valence-electron chi connectivity index (χ3n) is 4.74. The molecule has 0 bridgehead atoms. The molecule has 3 rings (SSSR count). The van der Waals surface area contributed by atoms with Crippen LogP contribution >= 0.6 is 0 Å². The molecule has 0 radical (unpaired) electrons. The van der Waals surface area contributed by atoms with Crippen LogP contribution in [0.15, 0.2) is 53.4 Å². The fraction of sp³-hybridized carbons (Fsp3) is 0.333. The van der Waals surface area contributed by atoms with Crippen LogP contribution in [0.3, 0.4) is 0 Å². The summed E-state index contributed by atoms with van der Waals surface area (Å²) in [6.07, 6.45) is 3.15. The topological polar surface area (TPSA) is 95.6 Å². The second-order valence-electron chi connectivity index (χ2n) is 7.01. The Labute approximate surface area is 171 Å². The number of nitrogens with zero attached hydrogens (tertiary/aromatic N) is 1. The van der Waals surface area contributed by atoms with Crippen LogP contribution in [-0.4, -0.2) is 44.8 Å². The van der Waals surface area contributed by atoms with Crippen LogP contribution in [0.1, 0.15) is 35.7 Å². The molecule has 0 spiro atoms. The molecule has 2 N–H and O–H groups in total. The number of piperazine rings is 1. The van der Waals surface area contributed by atoms with E-state index < -0.39 is 10.0 Å². The maximum Gasteiger partial charge on any atom is 0.261 e. The molecule has 1 saturated heterocycles. The van der Waals surface area contributed by atoms with Gasteiger partial charge in [-0.15, -0.1) is 0 Å². The van der Waals surface area contributed by atoms with Gasteiger partial charge in [0.2, 0.25) is 5.91 Å². The van der Waals surface area contributed by atoms with Gasteiger partial charge in [-0.05, 0) is 48.7 Å². The van der Waals surface area contributed by atoms with E-state index in [4.69, 9.17) is 0 Å². The highest BCUT2D eigenvalue weighted by molar-refractivity contribution is 7.92. The van der Waals surface area contributed by atoms with Crippen molar-refractivity contribution in [2.24, 2.45) is 0 Å². The van der Waals surface area contributed by atoms with Gasteiger partial charge in [-0.1, -0.05) is 31.5 Å². The molecule has 154 valence electrons. The van der Waals surface area contributed by atoms with Crippen LogP contribution in [0, 0.1) is 0 Å². The number of hydrogen-bond donors (Lipinski definition) is 2. The Morgan fingerprint density at radius 3 is 2.62 bits per heavy atom. The third-order valence-corrected chi connectivity index (χ3v) is 6.12. The van der Waals surface area contributed by atoms with Gasteiger partial charge in [0.1, 0.15) is 0 Å². The Balaban J connectivity index is 1.74. The van der Waals surface area contributed by atoms with Crippen LogP contribution in [0.25, 0.3) is 0 Å². The SMILES string of the molecule is CCCCc1ccc(NS(=O)(=O)c2cccc(C(=O)N3CCNC(=O)C3)c2)cc1. The van der Waals surface area contributed by atoms with Crippen molar-refractivity contribution in [3.63, 3.8) is 0 Å². The standard InChI is InChI=1S/C21H25N3O4S/c1-2-3-5-16-8-10-18(11-9-16)23-29(27,28)19-7-4-6-17(14-19)21(26)24-13-12-22-20(25)15-24/h4,6-11,14,23H,2-3,5,12-13,15H2,1H3,(H,22,25). The summed E-state index contributed by atoms with van der Waals surface area (Å²) in [5.41, 5.74) is 1.86. The van der Waals surface area contributed by atoms with Crippen molar-refractivity contribution in [3.8, 4) is 0 Å². The first-order valence-corrected chi connectivity index (χ1v) is 11.1. The first kappa shape index (κ1) is 20.9. The van der Waals surface area contributed by atoms with Gasteiger partial charge in [0.15, 0.2) is 0 Å². The van der Waals surface area contributed by atoms with Crippen LogP contribution in [0.2, 0.25) is 0 Å². The molecule has 1 aliphatic rings. The van der Waals surface area contributed by atoms with Gasteiger partial charge in [-0.25, -0.2) is 8.42 Å². The summed E-state index contributed by atoms with van der Waals surface area (Å²) in [5.74, 6) is -0.588. The zero-order valence-corrected chi connectivity index (χ0v) is 17.2. The Morgan fingerprint density at radius 1 is 1.17 bits per heavy atom. The van der Waals surface area contributed by atoms with E-state index in [0.29, 0.717) is 18.8 Å². The van der Waals surface area contributed by atoms with E-state index in [-0.39, 0.29) is 28.8 Å². The fourth-order valence-corrected chi connectivity index (χ4v) is 4.23. The molecule has 0 aliphatic carbocycles. The molecule has 1 fully saturated rings. The molecule has 7 nitrogen and oxygen atoms in total. The number of rotatable bonds is 7. The second kappa shape index (κ2) is 9.09. The number of nitrogens with one attached hydrogen (secondary N) is 2. The average molecular weight is 416 g/mol. The Kier molecular flexibility index (Phi) is 6.53. The van der Waals surface area contributed by atoms with E-state index in [0.717, 1.165) is 24.8 Å². The monoisotopic (exact) mass is 415 g/mol. The van der Waals surface area contributed by atoms with Crippen molar-refractivity contribution >= 4 is 27.5 Å². The van der Waals surface area contributed by atoms with Crippen LogP contribution in [-0.2, 0) is 21.2 Å². The number of unbranched alkanes of at least 4 members (excludes halogenated alkanes) is 1. The number of benzene rings is 2. The minimum absolute atomic E-state index is 0.000120. The van der Waals surface area contributed by atoms with Gasteiger partial charge in [-0.3, -0.25) is 14.3 Å². The summed E-state index contributed by atoms with van der Waals surface area (Å²) in [6, 6.07) is 13.2. The van der Waals surface area contributed by atoms with Crippen molar-refractivity contribution in [2.75, 3.05) is 24.4 Å². The Hall–Kier alpha value is -2.87. The van der Waals surface area contributed by atoms with Crippen LogP contribution in [0.5, 0.6) is 0 Å². The lowest BCUT2D eigenvalue weighted by Gasteiger charge is -2.26. The molecule has 0 atom stereocenters. The van der Waals surface area contributed by atoms with E-state index in [1.165, 1.54) is 23.1 Å². The predicted octanol–water partition coefficient (Wildman–Crippen LogP) is 2.40. The molecule has 8 heteroatoms. The van der Waals surface area contributed by atoms with E-state index in [1.54, 1.807) is 18.2 Å².